The standard InChI is InChI=1S/C53H48BN5O6S/c1-33(2)53(60)64-41-22-24-59(25-23-41)66(61,62)49-17-10-8-15-45(49)50-43-20-18-39(57-51-34(3)12-11-13-35(51)4)28-47(43)65-48-29-40(19-21-44(48)50)58-52-36(5)26-42(27-37(52)6)63-30-38-14-7-9-16-46(38)54(31-55)32-56/h7-21,26-29,41,58H,1,22-25,30H2,2-6H3/b57-39+. The topological polar surface area (TPSA) is 158 Å². The normalized spacial score (nSPS) is 13.5. The molecule has 2 aliphatic heterocycles. The van der Waals surface area contributed by atoms with E-state index in [9.17, 15) is 23.7 Å². The molecule has 0 amide bonds. The molecule has 3 aliphatic rings. The molecule has 0 unspecified atom stereocenters. The fraction of sp³-hybridized carbons (Fsp3) is 0.208. The van der Waals surface area contributed by atoms with Crippen molar-refractivity contribution in [3.05, 3.63) is 161 Å². The number of esters is 1. The lowest BCUT2D eigenvalue weighted by atomic mass is 9.47. The van der Waals surface area contributed by atoms with Crippen LogP contribution in [-0.2, 0) is 26.2 Å². The number of hydrogen-bond acceptors (Lipinski definition) is 10. The van der Waals surface area contributed by atoms with Gasteiger partial charge in [0.05, 0.1) is 15.9 Å². The van der Waals surface area contributed by atoms with Crippen LogP contribution in [0.3, 0.4) is 0 Å². The van der Waals surface area contributed by atoms with Gasteiger partial charge in [0.25, 0.3) is 0 Å². The number of carbonyl (C=O) groups excluding carboxylic acids is 1. The number of aryl methyl sites for hydroxylation is 4. The number of nitriles is 2. The number of benzene rings is 6. The quantitative estimate of drug-likeness (QED) is 0.0545. The van der Waals surface area contributed by atoms with Crippen molar-refractivity contribution in [2.75, 3.05) is 18.4 Å². The van der Waals surface area contributed by atoms with Gasteiger partial charge in [-0.15, -0.1) is 0 Å². The first-order valence-electron chi connectivity index (χ1n) is 21.7. The fourth-order valence-electron chi connectivity index (χ4n) is 8.53. The van der Waals surface area contributed by atoms with Crippen molar-refractivity contribution < 1.29 is 27.1 Å². The molecule has 1 fully saturated rings. The Hall–Kier alpha value is -7.45. The van der Waals surface area contributed by atoms with Gasteiger partial charge in [-0.1, -0.05) is 67.2 Å². The SMILES string of the molecule is C=C(C)C(=O)OC1CCN(S(=O)(=O)c2ccccc2-c2c3cc/c(=N\c4c(C)cccc4C)cc-3oc3cc(Nc4c(C)cc(OCc5ccccc5B(C#N)C#N)cc4C)ccc23)CC1. The van der Waals surface area contributed by atoms with Crippen LogP contribution in [0.5, 0.6) is 5.75 Å². The number of sulfonamides is 1. The monoisotopic (exact) mass is 893 g/mol. The second kappa shape index (κ2) is 19.0. The number of nitrogens with zero attached hydrogens (tertiary/aromatic N) is 4. The number of para-hydroxylation sites is 1. The summed E-state index contributed by atoms with van der Waals surface area (Å²) < 4.78 is 49.3. The average Bonchev–Trinajstić information content (AvgIpc) is 3.30. The lowest BCUT2D eigenvalue weighted by molar-refractivity contribution is -0.145. The van der Waals surface area contributed by atoms with E-state index >= 15 is 0 Å². The molecule has 1 N–H and O–H groups in total. The molecule has 0 bridgehead atoms. The van der Waals surface area contributed by atoms with Crippen molar-refractivity contribution in [1.29, 1.82) is 10.5 Å². The summed E-state index contributed by atoms with van der Waals surface area (Å²) in [4.78, 5) is 17.4. The smallest absolute Gasteiger partial charge is 0.417 e. The van der Waals surface area contributed by atoms with E-state index in [2.05, 4.69) is 23.8 Å². The van der Waals surface area contributed by atoms with Crippen molar-refractivity contribution in [3.63, 3.8) is 0 Å². The first-order valence-corrected chi connectivity index (χ1v) is 23.2. The summed E-state index contributed by atoms with van der Waals surface area (Å²) in [7, 11) is -4.02. The van der Waals surface area contributed by atoms with Crippen molar-refractivity contribution in [1.82, 2.24) is 4.31 Å². The van der Waals surface area contributed by atoms with Crippen LogP contribution >= 0.6 is 0 Å². The van der Waals surface area contributed by atoms with E-state index in [-0.39, 0.29) is 24.6 Å². The highest BCUT2D eigenvalue weighted by Gasteiger charge is 2.34. The maximum Gasteiger partial charge on any atom is 0.417 e. The minimum atomic E-state index is -4.02. The van der Waals surface area contributed by atoms with Crippen molar-refractivity contribution in [3.8, 4) is 40.1 Å². The Morgan fingerprint density at radius 3 is 2.23 bits per heavy atom. The predicted molar refractivity (Wildman–Crippen MR) is 259 cm³/mol. The minimum absolute atomic E-state index is 0.162. The largest absolute Gasteiger partial charge is 0.489 e. The fourth-order valence-corrected chi connectivity index (χ4v) is 10.2. The highest BCUT2D eigenvalue weighted by atomic mass is 32.2. The number of carbonyl (C=O) groups is 1. The number of anilines is 2. The maximum atomic E-state index is 14.7. The van der Waals surface area contributed by atoms with Crippen molar-refractivity contribution in [2.45, 2.75) is 65.1 Å². The lowest BCUT2D eigenvalue weighted by Crippen LogP contribution is -2.41. The molecule has 13 heteroatoms. The van der Waals surface area contributed by atoms with E-state index in [0.717, 1.165) is 50.4 Å². The number of piperidine rings is 1. The molecule has 330 valence electrons. The van der Waals surface area contributed by atoms with Gasteiger partial charge in [0.2, 0.25) is 10.0 Å². The van der Waals surface area contributed by atoms with Gasteiger partial charge in [-0.05, 0) is 123 Å². The highest BCUT2D eigenvalue weighted by Crippen LogP contribution is 2.44. The zero-order valence-electron chi connectivity index (χ0n) is 37.5. The second-order valence-corrected chi connectivity index (χ2v) is 18.6. The Balaban J connectivity index is 1.18. The molecule has 2 heterocycles. The van der Waals surface area contributed by atoms with E-state index in [1.54, 1.807) is 25.1 Å². The molecular weight excluding hydrogens is 845 g/mol. The third-order valence-electron chi connectivity index (χ3n) is 12.0. The summed E-state index contributed by atoms with van der Waals surface area (Å²) in [6, 6.07) is 35.9. The summed E-state index contributed by atoms with van der Waals surface area (Å²) in [6.07, 6.45) is 0.345. The van der Waals surface area contributed by atoms with Gasteiger partial charge in [0, 0.05) is 76.2 Å². The van der Waals surface area contributed by atoms with Crippen LogP contribution in [0.25, 0.3) is 33.4 Å². The van der Waals surface area contributed by atoms with E-state index in [0.29, 0.717) is 62.8 Å². The zero-order valence-corrected chi connectivity index (χ0v) is 38.3. The number of hydrogen-bond donors (Lipinski definition) is 1. The van der Waals surface area contributed by atoms with Crippen LogP contribution < -0.4 is 20.9 Å². The number of ether oxygens (including phenoxy) is 2. The summed E-state index contributed by atoms with van der Waals surface area (Å²) >= 11 is 0. The molecule has 1 saturated heterocycles. The van der Waals surface area contributed by atoms with Crippen LogP contribution in [-0.4, -0.2) is 44.6 Å². The van der Waals surface area contributed by atoms with Crippen LogP contribution in [0.1, 0.15) is 47.6 Å². The molecule has 0 spiro atoms. The molecular formula is C53H48BN5O6S. The molecule has 8 rings (SSSR count). The average molecular weight is 894 g/mol. The molecule has 66 heavy (non-hydrogen) atoms. The molecule has 0 atom stereocenters. The number of nitrogens with one attached hydrogen (secondary N) is 1. The molecule has 0 aromatic heterocycles. The lowest BCUT2D eigenvalue weighted by Gasteiger charge is -2.31. The zero-order chi connectivity index (χ0) is 46.7. The molecule has 5 aromatic carbocycles. The van der Waals surface area contributed by atoms with Gasteiger partial charge in [0.15, 0.2) is 0 Å². The van der Waals surface area contributed by atoms with Crippen LogP contribution in [0.4, 0.5) is 17.1 Å². The van der Waals surface area contributed by atoms with Gasteiger partial charge in [-0.3, -0.25) is 0 Å². The molecule has 1 aliphatic carbocycles. The van der Waals surface area contributed by atoms with Gasteiger partial charge < -0.3 is 19.2 Å². The Labute approximate surface area is 385 Å². The first-order chi connectivity index (χ1) is 31.7. The minimum Gasteiger partial charge on any atom is -0.489 e. The van der Waals surface area contributed by atoms with E-state index < -0.39 is 28.8 Å². The Bertz CT molecular complexity index is 3230. The van der Waals surface area contributed by atoms with Gasteiger partial charge >= 0.3 is 12.7 Å². The summed E-state index contributed by atoms with van der Waals surface area (Å²) in [5.74, 6) is 4.81. The summed E-state index contributed by atoms with van der Waals surface area (Å²) in [6.45, 7) is 13.0. The number of rotatable bonds is 12. The Kier molecular flexibility index (Phi) is 13.0. The van der Waals surface area contributed by atoms with Gasteiger partial charge in [-0.25, -0.2) is 28.7 Å². The van der Waals surface area contributed by atoms with Crippen LogP contribution in [0.2, 0.25) is 0 Å². The van der Waals surface area contributed by atoms with Crippen molar-refractivity contribution in [2.24, 2.45) is 4.99 Å². The first kappa shape index (κ1) is 45.1. The van der Waals surface area contributed by atoms with E-state index in [4.69, 9.17) is 18.9 Å². The maximum absolute atomic E-state index is 14.7. The second-order valence-electron chi connectivity index (χ2n) is 16.7. The third kappa shape index (κ3) is 9.22. The summed E-state index contributed by atoms with van der Waals surface area (Å²) in [5.41, 5.74) is 10.6. The predicted octanol–water partition coefficient (Wildman–Crippen LogP) is 10.1. The molecule has 11 nitrogen and oxygen atoms in total. The highest BCUT2D eigenvalue weighted by molar-refractivity contribution is 7.89. The van der Waals surface area contributed by atoms with E-state index in [1.807, 2.05) is 125 Å². The van der Waals surface area contributed by atoms with Crippen LogP contribution in [0.15, 0.2) is 142 Å². The summed E-state index contributed by atoms with van der Waals surface area (Å²) in [5, 5.41) is 24.0. The molecule has 5 aromatic rings. The Morgan fingerprint density at radius 1 is 0.848 bits per heavy atom. The van der Waals surface area contributed by atoms with E-state index in [1.165, 1.54) is 4.31 Å². The molecule has 0 saturated carbocycles. The van der Waals surface area contributed by atoms with Gasteiger partial charge in [0.1, 0.15) is 29.8 Å². The van der Waals surface area contributed by atoms with Gasteiger partial charge in [-0.2, -0.15) is 4.31 Å². The van der Waals surface area contributed by atoms with Crippen molar-refractivity contribution >= 4 is 56.2 Å². The third-order valence-corrected chi connectivity index (χ3v) is 13.9. The Morgan fingerprint density at radius 2 is 1.53 bits per heavy atom. The molecule has 0 radical (unpaired) electrons. The van der Waals surface area contributed by atoms with Crippen LogP contribution in [0, 0.1) is 50.2 Å². The number of fused-ring (bicyclic) bond motifs is 2.